The van der Waals surface area contributed by atoms with Gasteiger partial charge in [0.1, 0.15) is 5.60 Å². The first-order chi connectivity index (χ1) is 13.0. The van der Waals surface area contributed by atoms with Crippen molar-refractivity contribution >= 4 is 51.6 Å². The maximum Gasteiger partial charge on any atom is 0.412 e. The molecule has 0 aliphatic rings. The van der Waals surface area contributed by atoms with Crippen LogP contribution in [0, 0.1) is 0 Å². The molecule has 0 aromatic heterocycles. The molecular weight excluding hydrogens is 507 g/mol. The molecule has 1 amide bonds. The SMILES string of the molecule is CCS(=O)(=O)CCNC(=NC)NCCc1ccc(NC(=O)OC(C)(C)C)cc1.I. The first-order valence-electron chi connectivity index (χ1n) is 9.28. The fraction of sp³-hybridized carbons (Fsp3) is 0.579. The van der Waals surface area contributed by atoms with Gasteiger partial charge in [-0.3, -0.25) is 10.3 Å². The molecule has 0 aliphatic heterocycles. The van der Waals surface area contributed by atoms with Gasteiger partial charge in [-0.15, -0.1) is 24.0 Å². The molecular formula is C19H33IN4O4S. The van der Waals surface area contributed by atoms with Gasteiger partial charge in [0.05, 0.1) is 5.75 Å². The van der Waals surface area contributed by atoms with Crippen LogP contribution < -0.4 is 16.0 Å². The first kappa shape index (κ1) is 27.4. The predicted octanol–water partition coefficient (Wildman–Crippen LogP) is 2.79. The molecule has 0 saturated heterocycles. The number of carbonyl (C=O) groups excluding carboxylic acids is 1. The van der Waals surface area contributed by atoms with E-state index in [0.29, 0.717) is 24.7 Å². The molecule has 1 rings (SSSR count). The number of nitrogens with one attached hydrogen (secondary N) is 3. The fourth-order valence-corrected chi connectivity index (χ4v) is 2.89. The number of sulfone groups is 1. The van der Waals surface area contributed by atoms with Crippen molar-refractivity contribution in [2.75, 3.05) is 37.0 Å². The lowest BCUT2D eigenvalue weighted by Crippen LogP contribution is -2.40. The van der Waals surface area contributed by atoms with Crippen molar-refractivity contribution in [2.24, 2.45) is 4.99 Å². The Bertz CT molecular complexity index is 759. The van der Waals surface area contributed by atoms with Crippen LogP contribution in [0.3, 0.4) is 0 Å². The largest absolute Gasteiger partial charge is 0.444 e. The van der Waals surface area contributed by atoms with Crippen LogP contribution in [0.4, 0.5) is 10.5 Å². The van der Waals surface area contributed by atoms with E-state index in [0.717, 1.165) is 12.0 Å². The molecule has 0 radical (unpaired) electrons. The molecule has 166 valence electrons. The number of rotatable bonds is 8. The number of amides is 1. The molecule has 8 nitrogen and oxygen atoms in total. The number of hydrogen-bond acceptors (Lipinski definition) is 5. The van der Waals surface area contributed by atoms with Crippen LogP contribution in [-0.4, -0.2) is 57.7 Å². The smallest absolute Gasteiger partial charge is 0.412 e. The van der Waals surface area contributed by atoms with E-state index in [1.165, 1.54) is 0 Å². The van der Waals surface area contributed by atoms with Gasteiger partial charge < -0.3 is 15.4 Å². The average Bonchev–Trinajstić information content (AvgIpc) is 2.60. The van der Waals surface area contributed by atoms with Gasteiger partial charge in [0.2, 0.25) is 0 Å². The lowest BCUT2D eigenvalue weighted by Gasteiger charge is -2.19. The summed E-state index contributed by atoms with van der Waals surface area (Å²) in [4.78, 5) is 15.8. The summed E-state index contributed by atoms with van der Waals surface area (Å²) in [5.41, 5.74) is 1.22. The number of ether oxygens (including phenoxy) is 1. The third-order valence-corrected chi connectivity index (χ3v) is 5.38. The highest BCUT2D eigenvalue weighted by Crippen LogP contribution is 2.13. The maximum atomic E-state index is 11.8. The van der Waals surface area contributed by atoms with Crippen LogP contribution in [0.5, 0.6) is 0 Å². The van der Waals surface area contributed by atoms with Gasteiger partial charge in [0.25, 0.3) is 0 Å². The van der Waals surface area contributed by atoms with Crippen LogP contribution in [-0.2, 0) is 21.0 Å². The Morgan fingerprint density at radius 1 is 1.10 bits per heavy atom. The Kier molecular flexibility index (Phi) is 12.2. The number of benzene rings is 1. The number of halogens is 1. The number of guanidine groups is 1. The summed E-state index contributed by atoms with van der Waals surface area (Å²) in [6.07, 6.45) is 0.266. The quantitative estimate of drug-likeness (QED) is 0.266. The standard InChI is InChI=1S/C19H32N4O4S.HI/c1-6-28(25,26)14-13-22-17(20-5)21-12-11-15-7-9-16(10-8-15)23-18(24)27-19(2,3)4;/h7-10H,6,11-14H2,1-5H3,(H,23,24)(H2,20,21,22);1H. The van der Waals surface area contributed by atoms with Crippen molar-refractivity contribution in [3.63, 3.8) is 0 Å². The topological polar surface area (TPSA) is 109 Å². The molecule has 0 heterocycles. The highest BCUT2D eigenvalue weighted by atomic mass is 127. The summed E-state index contributed by atoms with van der Waals surface area (Å²) < 4.78 is 28.2. The molecule has 1 aromatic carbocycles. The van der Waals surface area contributed by atoms with Crippen molar-refractivity contribution in [3.05, 3.63) is 29.8 Å². The third-order valence-electron chi connectivity index (χ3n) is 3.67. The van der Waals surface area contributed by atoms with E-state index in [1.54, 1.807) is 14.0 Å². The molecule has 0 spiro atoms. The van der Waals surface area contributed by atoms with Crippen LogP contribution in [0.25, 0.3) is 0 Å². The molecule has 0 saturated carbocycles. The van der Waals surface area contributed by atoms with Gasteiger partial charge in [-0.25, -0.2) is 13.2 Å². The molecule has 0 aliphatic carbocycles. The predicted molar refractivity (Wildman–Crippen MR) is 129 cm³/mol. The first-order valence-corrected chi connectivity index (χ1v) is 11.1. The number of hydrogen-bond donors (Lipinski definition) is 3. The summed E-state index contributed by atoms with van der Waals surface area (Å²) in [5, 5.41) is 8.84. The van der Waals surface area contributed by atoms with Crippen molar-refractivity contribution in [3.8, 4) is 0 Å². The summed E-state index contributed by atoms with van der Waals surface area (Å²) in [5.74, 6) is 0.782. The van der Waals surface area contributed by atoms with Crippen molar-refractivity contribution < 1.29 is 17.9 Å². The van der Waals surface area contributed by atoms with Gasteiger partial charge in [0.15, 0.2) is 15.8 Å². The van der Waals surface area contributed by atoms with E-state index in [1.807, 2.05) is 45.0 Å². The minimum absolute atomic E-state index is 0. The van der Waals surface area contributed by atoms with Crippen molar-refractivity contribution in [1.29, 1.82) is 0 Å². The van der Waals surface area contributed by atoms with E-state index < -0.39 is 21.5 Å². The lowest BCUT2D eigenvalue weighted by atomic mass is 10.1. The summed E-state index contributed by atoms with van der Waals surface area (Å²) >= 11 is 0. The maximum absolute atomic E-state index is 11.8. The molecule has 0 unspecified atom stereocenters. The van der Waals surface area contributed by atoms with Crippen LogP contribution in [0.15, 0.2) is 29.3 Å². The van der Waals surface area contributed by atoms with Crippen LogP contribution in [0.1, 0.15) is 33.3 Å². The Morgan fingerprint density at radius 3 is 2.21 bits per heavy atom. The molecule has 3 N–H and O–H groups in total. The Labute approximate surface area is 191 Å². The zero-order valence-corrected chi connectivity index (χ0v) is 20.9. The minimum atomic E-state index is -2.99. The van der Waals surface area contributed by atoms with Crippen molar-refractivity contribution in [2.45, 2.75) is 39.7 Å². The van der Waals surface area contributed by atoms with E-state index in [9.17, 15) is 13.2 Å². The highest BCUT2D eigenvalue weighted by Gasteiger charge is 2.16. The molecule has 10 heteroatoms. The number of anilines is 1. The number of carbonyl (C=O) groups is 1. The third kappa shape index (κ3) is 12.6. The van der Waals surface area contributed by atoms with Crippen LogP contribution in [0.2, 0.25) is 0 Å². The van der Waals surface area contributed by atoms with Gasteiger partial charge in [-0.1, -0.05) is 19.1 Å². The molecule has 0 fully saturated rings. The number of aliphatic imine (C=N–C) groups is 1. The second-order valence-electron chi connectivity index (χ2n) is 7.24. The number of nitrogens with zero attached hydrogens (tertiary/aromatic N) is 1. The molecule has 1 aromatic rings. The lowest BCUT2D eigenvalue weighted by molar-refractivity contribution is 0.0636. The Morgan fingerprint density at radius 2 is 1.69 bits per heavy atom. The van der Waals surface area contributed by atoms with Crippen molar-refractivity contribution in [1.82, 2.24) is 10.6 Å². The average molecular weight is 540 g/mol. The van der Waals surface area contributed by atoms with Crippen LogP contribution >= 0.6 is 24.0 Å². The molecule has 0 atom stereocenters. The fourth-order valence-electron chi connectivity index (χ4n) is 2.19. The Hall–Kier alpha value is -1.56. The van der Waals surface area contributed by atoms with E-state index in [4.69, 9.17) is 4.74 Å². The van der Waals surface area contributed by atoms with Gasteiger partial charge in [-0.05, 0) is 44.9 Å². The van der Waals surface area contributed by atoms with E-state index in [-0.39, 0.29) is 35.5 Å². The zero-order valence-electron chi connectivity index (χ0n) is 17.7. The van der Waals surface area contributed by atoms with Gasteiger partial charge in [0, 0.05) is 31.6 Å². The zero-order chi connectivity index (χ0) is 21.2. The summed E-state index contributed by atoms with van der Waals surface area (Å²) in [6, 6.07) is 7.50. The molecule has 0 bridgehead atoms. The van der Waals surface area contributed by atoms with E-state index in [2.05, 4.69) is 20.9 Å². The monoisotopic (exact) mass is 540 g/mol. The second kappa shape index (κ2) is 12.9. The van der Waals surface area contributed by atoms with Gasteiger partial charge >= 0.3 is 6.09 Å². The highest BCUT2D eigenvalue weighted by molar-refractivity contribution is 14.0. The Balaban J connectivity index is 0.00000784. The minimum Gasteiger partial charge on any atom is -0.444 e. The normalized spacial score (nSPS) is 12.0. The van der Waals surface area contributed by atoms with E-state index >= 15 is 0 Å². The summed E-state index contributed by atoms with van der Waals surface area (Å²) in [7, 11) is -1.35. The molecule has 29 heavy (non-hydrogen) atoms. The van der Waals surface area contributed by atoms with Gasteiger partial charge in [-0.2, -0.15) is 0 Å². The second-order valence-corrected chi connectivity index (χ2v) is 9.71. The summed E-state index contributed by atoms with van der Waals surface area (Å²) in [6.45, 7) is 8.03.